The van der Waals surface area contributed by atoms with Crippen LogP contribution in [0.25, 0.3) is 6.08 Å². The summed E-state index contributed by atoms with van der Waals surface area (Å²) in [4.78, 5) is 30.7. The third-order valence-electron chi connectivity index (χ3n) is 5.29. The van der Waals surface area contributed by atoms with Gasteiger partial charge in [-0.05, 0) is 36.6 Å². The first-order valence-electron chi connectivity index (χ1n) is 9.84. The molecule has 2 heterocycles. The van der Waals surface area contributed by atoms with Crippen molar-refractivity contribution in [2.45, 2.75) is 25.7 Å². The molecule has 0 aliphatic carbocycles. The highest BCUT2D eigenvalue weighted by Gasteiger charge is 2.23. The Morgan fingerprint density at radius 3 is 2.11 bits per heavy atom. The van der Waals surface area contributed by atoms with Gasteiger partial charge in [-0.25, -0.2) is 4.39 Å². The topological polar surface area (TPSA) is 43.9 Å². The summed E-state index contributed by atoms with van der Waals surface area (Å²) in [7, 11) is 0. The molecule has 0 unspecified atom stereocenters. The Morgan fingerprint density at radius 2 is 1.48 bits per heavy atom. The van der Waals surface area contributed by atoms with E-state index in [1.54, 1.807) is 23.1 Å². The maximum atomic E-state index is 12.9. The van der Waals surface area contributed by atoms with Gasteiger partial charge in [0.05, 0.1) is 6.54 Å². The number of carbonyl (C=O) groups excluding carboxylic acids is 2. The fourth-order valence-corrected chi connectivity index (χ4v) is 3.58. The molecule has 0 aromatic heterocycles. The van der Waals surface area contributed by atoms with Crippen LogP contribution in [0.4, 0.5) is 4.39 Å². The molecule has 2 aliphatic rings. The summed E-state index contributed by atoms with van der Waals surface area (Å²) in [6.07, 6.45) is 7.89. The van der Waals surface area contributed by atoms with E-state index in [0.717, 1.165) is 44.6 Å². The van der Waals surface area contributed by atoms with Crippen LogP contribution < -0.4 is 0 Å². The molecule has 0 bridgehead atoms. The van der Waals surface area contributed by atoms with Gasteiger partial charge in [0.2, 0.25) is 11.8 Å². The molecule has 0 saturated carbocycles. The second-order valence-corrected chi connectivity index (χ2v) is 7.28. The van der Waals surface area contributed by atoms with E-state index in [9.17, 15) is 14.0 Å². The van der Waals surface area contributed by atoms with Gasteiger partial charge in [0, 0.05) is 45.3 Å². The quantitative estimate of drug-likeness (QED) is 0.761. The largest absolute Gasteiger partial charge is 0.342 e. The maximum Gasteiger partial charge on any atom is 0.246 e. The van der Waals surface area contributed by atoms with Crippen LogP contribution in [-0.4, -0.2) is 72.3 Å². The van der Waals surface area contributed by atoms with E-state index in [1.165, 1.54) is 31.1 Å². The van der Waals surface area contributed by atoms with Gasteiger partial charge in [-0.2, -0.15) is 0 Å². The van der Waals surface area contributed by atoms with Crippen LogP contribution in [0.15, 0.2) is 30.3 Å². The van der Waals surface area contributed by atoms with Gasteiger partial charge < -0.3 is 9.80 Å². The molecule has 2 amide bonds. The number of amides is 2. The Kier molecular flexibility index (Phi) is 6.98. The minimum absolute atomic E-state index is 0.0437. The Morgan fingerprint density at radius 1 is 0.852 bits per heavy atom. The van der Waals surface area contributed by atoms with Gasteiger partial charge in [0.1, 0.15) is 5.82 Å². The number of hydrogen-bond donors (Lipinski definition) is 0. The molecule has 6 heteroatoms. The van der Waals surface area contributed by atoms with Crippen molar-refractivity contribution in [3.63, 3.8) is 0 Å². The number of rotatable bonds is 4. The lowest BCUT2D eigenvalue weighted by atomic mass is 10.2. The number of benzene rings is 1. The molecule has 27 heavy (non-hydrogen) atoms. The van der Waals surface area contributed by atoms with Crippen molar-refractivity contribution in [2.24, 2.45) is 0 Å². The second kappa shape index (κ2) is 9.65. The fourth-order valence-electron chi connectivity index (χ4n) is 3.58. The summed E-state index contributed by atoms with van der Waals surface area (Å²) in [6.45, 7) is 4.90. The highest BCUT2D eigenvalue weighted by atomic mass is 19.1. The maximum absolute atomic E-state index is 12.9. The molecule has 2 fully saturated rings. The van der Waals surface area contributed by atoms with Gasteiger partial charge in [-0.3, -0.25) is 14.5 Å². The summed E-state index contributed by atoms with van der Waals surface area (Å²) in [5, 5.41) is 0. The monoisotopic (exact) mass is 373 g/mol. The van der Waals surface area contributed by atoms with Crippen LogP contribution in [0.1, 0.15) is 31.2 Å². The molecule has 3 rings (SSSR count). The molecule has 0 atom stereocenters. The number of nitrogens with zero attached hydrogens (tertiary/aromatic N) is 3. The normalized spacial score (nSPS) is 19.3. The lowest BCUT2D eigenvalue weighted by Crippen LogP contribution is -2.51. The van der Waals surface area contributed by atoms with E-state index in [1.807, 2.05) is 4.90 Å². The van der Waals surface area contributed by atoms with Crippen LogP contribution in [0.5, 0.6) is 0 Å². The number of likely N-dealkylation sites (tertiary alicyclic amines) is 1. The lowest BCUT2D eigenvalue weighted by Gasteiger charge is -2.34. The van der Waals surface area contributed by atoms with E-state index in [4.69, 9.17) is 0 Å². The van der Waals surface area contributed by atoms with E-state index in [2.05, 4.69) is 4.90 Å². The molecule has 1 aromatic carbocycles. The molecule has 5 nitrogen and oxygen atoms in total. The predicted octanol–water partition coefficient (Wildman–Crippen LogP) is 2.39. The van der Waals surface area contributed by atoms with Crippen LogP contribution >= 0.6 is 0 Å². The fraction of sp³-hybridized carbons (Fsp3) is 0.524. The van der Waals surface area contributed by atoms with Crippen molar-refractivity contribution in [1.29, 1.82) is 0 Å². The zero-order chi connectivity index (χ0) is 19.1. The molecule has 0 spiro atoms. The Balaban J connectivity index is 1.43. The highest BCUT2D eigenvalue weighted by Crippen LogP contribution is 2.11. The van der Waals surface area contributed by atoms with Gasteiger partial charge >= 0.3 is 0 Å². The zero-order valence-corrected chi connectivity index (χ0v) is 15.8. The first kappa shape index (κ1) is 19.5. The molecule has 0 radical (unpaired) electrons. The van der Waals surface area contributed by atoms with Crippen molar-refractivity contribution >= 4 is 17.9 Å². The first-order valence-corrected chi connectivity index (χ1v) is 9.84. The number of carbonyl (C=O) groups is 2. The molecule has 1 aromatic rings. The molecule has 2 saturated heterocycles. The summed E-state index contributed by atoms with van der Waals surface area (Å²) in [5.74, 6) is -0.116. The summed E-state index contributed by atoms with van der Waals surface area (Å²) >= 11 is 0. The third-order valence-corrected chi connectivity index (χ3v) is 5.29. The molecule has 2 aliphatic heterocycles. The Hall–Kier alpha value is -2.21. The number of hydrogen-bond acceptors (Lipinski definition) is 3. The Labute approximate surface area is 160 Å². The van der Waals surface area contributed by atoms with E-state index < -0.39 is 0 Å². The third kappa shape index (κ3) is 5.89. The van der Waals surface area contributed by atoms with Crippen molar-refractivity contribution < 1.29 is 14.0 Å². The minimum Gasteiger partial charge on any atom is -0.342 e. The van der Waals surface area contributed by atoms with Gasteiger partial charge in [0.25, 0.3) is 0 Å². The smallest absolute Gasteiger partial charge is 0.246 e. The van der Waals surface area contributed by atoms with Gasteiger partial charge in [0.15, 0.2) is 0 Å². The summed E-state index contributed by atoms with van der Waals surface area (Å²) in [5.41, 5.74) is 0.798. The highest BCUT2D eigenvalue weighted by molar-refractivity contribution is 5.91. The molecule has 0 N–H and O–H groups in total. The van der Waals surface area contributed by atoms with Crippen molar-refractivity contribution in [3.8, 4) is 0 Å². The molecule has 146 valence electrons. The van der Waals surface area contributed by atoms with Crippen LogP contribution in [0.3, 0.4) is 0 Å². The zero-order valence-electron chi connectivity index (χ0n) is 15.8. The second-order valence-electron chi connectivity index (χ2n) is 7.28. The predicted molar refractivity (Wildman–Crippen MR) is 104 cm³/mol. The SMILES string of the molecule is O=C(/C=C/c1ccc(F)cc1)N1CCN(CC(=O)N2CCCCCC2)CC1. The standard InChI is InChI=1S/C21H28FN3O2/c22-19-8-5-18(6-9-19)7-10-20(26)25-15-13-23(14-16-25)17-21(27)24-11-3-1-2-4-12-24/h5-10H,1-4,11-17H2/b10-7+. The van der Waals surface area contributed by atoms with Crippen molar-refractivity contribution in [2.75, 3.05) is 45.8 Å². The number of piperazine rings is 1. The van der Waals surface area contributed by atoms with Gasteiger partial charge in [-0.1, -0.05) is 25.0 Å². The summed E-state index contributed by atoms with van der Waals surface area (Å²) in [6, 6.07) is 6.05. The number of halogens is 1. The lowest BCUT2D eigenvalue weighted by molar-refractivity contribution is -0.133. The molecular weight excluding hydrogens is 345 g/mol. The first-order chi connectivity index (χ1) is 13.1. The molecular formula is C21H28FN3O2. The summed E-state index contributed by atoms with van der Waals surface area (Å²) < 4.78 is 12.9. The Bertz CT molecular complexity index is 659. The van der Waals surface area contributed by atoms with E-state index in [0.29, 0.717) is 19.6 Å². The van der Waals surface area contributed by atoms with Crippen LogP contribution in [-0.2, 0) is 9.59 Å². The average molecular weight is 373 g/mol. The minimum atomic E-state index is -0.288. The van der Waals surface area contributed by atoms with Crippen LogP contribution in [0.2, 0.25) is 0 Å². The van der Waals surface area contributed by atoms with Crippen molar-refractivity contribution in [3.05, 3.63) is 41.7 Å². The van der Waals surface area contributed by atoms with Crippen LogP contribution in [0, 0.1) is 5.82 Å². The van der Waals surface area contributed by atoms with E-state index in [-0.39, 0.29) is 17.6 Å². The van der Waals surface area contributed by atoms with Gasteiger partial charge in [-0.15, -0.1) is 0 Å². The van der Waals surface area contributed by atoms with Crippen molar-refractivity contribution in [1.82, 2.24) is 14.7 Å². The van der Waals surface area contributed by atoms with E-state index >= 15 is 0 Å². The average Bonchev–Trinajstić information content (AvgIpc) is 2.97.